The molecule has 2 N–H and O–H groups in total. The Morgan fingerprint density at radius 3 is 2.53 bits per heavy atom. The predicted molar refractivity (Wildman–Crippen MR) is 120 cm³/mol. The Labute approximate surface area is 200 Å². The lowest BCUT2D eigenvalue weighted by Gasteiger charge is -2.21. The highest BCUT2D eigenvalue weighted by Crippen LogP contribution is 2.25. The predicted octanol–water partition coefficient (Wildman–Crippen LogP) is 3.65. The number of fused-ring (bicyclic) bond motifs is 1. The van der Waals surface area contributed by atoms with E-state index in [1.54, 1.807) is 12.2 Å². The molecule has 0 aliphatic carbocycles. The van der Waals surface area contributed by atoms with E-state index in [9.17, 15) is 36.3 Å². The lowest BCUT2D eigenvalue weighted by Crippen LogP contribution is -2.46. The van der Waals surface area contributed by atoms with Crippen LogP contribution in [0.5, 0.6) is 0 Å². The SMILES string of the molecule is CC[C@@H](NC(=O)c1cn(-c2ccc(F)cc2F)c2nc(N3CC(C)NC3=O)ccc2c1=O)C(F)(F)F. The summed E-state index contributed by atoms with van der Waals surface area (Å²) in [5, 5.41) is 4.24. The van der Waals surface area contributed by atoms with Crippen molar-refractivity contribution in [3.8, 4) is 5.69 Å². The Kier molecular flexibility index (Phi) is 6.41. The minimum absolute atomic E-state index is 0.111. The monoisotopic (exact) mass is 509 g/mol. The van der Waals surface area contributed by atoms with Crippen LogP contribution in [0.25, 0.3) is 16.7 Å². The lowest BCUT2D eigenvalue weighted by molar-refractivity contribution is -0.153. The topological polar surface area (TPSA) is 96.3 Å². The van der Waals surface area contributed by atoms with Gasteiger partial charge in [-0.05, 0) is 37.6 Å². The van der Waals surface area contributed by atoms with Gasteiger partial charge in [0.25, 0.3) is 5.91 Å². The molecule has 0 radical (unpaired) electrons. The molecule has 0 spiro atoms. The number of aromatic nitrogens is 2. The van der Waals surface area contributed by atoms with Crippen LogP contribution in [0.1, 0.15) is 30.6 Å². The summed E-state index contributed by atoms with van der Waals surface area (Å²) in [7, 11) is 0. The van der Waals surface area contributed by atoms with Crippen LogP contribution in [0.2, 0.25) is 0 Å². The number of urea groups is 1. The van der Waals surface area contributed by atoms with E-state index in [-0.39, 0.29) is 35.1 Å². The molecular weight excluding hydrogens is 489 g/mol. The van der Waals surface area contributed by atoms with Gasteiger partial charge in [0.1, 0.15) is 29.1 Å². The second-order valence-electron chi connectivity index (χ2n) is 8.32. The first kappa shape index (κ1) is 25.1. The van der Waals surface area contributed by atoms with E-state index in [1.165, 1.54) is 24.0 Å². The molecule has 190 valence electrons. The molecule has 13 heteroatoms. The second kappa shape index (κ2) is 9.21. The molecule has 3 heterocycles. The first-order valence-electron chi connectivity index (χ1n) is 10.9. The average molecular weight is 509 g/mol. The van der Waals surface area contributed by atoms with Crippen LogP contribution in [-0.4, -0.2) is 46.3 Å². The van der Waals surface area contributed by atoms with Gasteiger partial charge in [0.15, 0.2) is 5.65 Å². The van der Waals surface area contributed by atoms with Gasteiger partial charge in [0, 0.05) is 24.8 Å². The molecule has 1 aromatic carbocycles. The number of carbonyl (C=O) groups is 2. The highest BCUT2D eigenvalue weighted by Gasteiger charge is 2.40. The van der Waals surface area contributed by atoms with Gasteiger partial charge in [0.05, 0.1) is 11.1 Å². The molecule has 1 saturated heterocycles. The zero-order valence-electron chi connectivity index (χ0n) is 19.0. The van der Waals surface area contributed by atoms with E-state index in [2.05, 4.69) is 10.3 Å². The Morgan fingerprint density at radius 1 is 1.22 bits per heavy atom. The number of nitrogens with zero attached hydrogens (tertiary/aromatic N) is 3. The van der Waals surface area contributed by atoms with E-state index in [0.717, 1.165) is 22.9 Å². The summed E-state index contributed by atoms with van der Waals surface area (Å²) in [6.07, 6.45) is -4.39. The van der Waals surface area contributed by atoms with Crippen molar-refractivity contribution in [2.45, 2.75) is 38.5 Å². The van der Waals surface area contributed by atoms with Crippen molar-refractivity contribution in [1.29, 1.82) is 0 Å². The fraction of sp³-hybridized carbons (Fsp3) is 0.304. The Hall–Kier alpha value is -4.03. The molecule has 1 aliphatic rings. The summed E-state index contributed by atoms with van der Waals surface area (Å²) in [6, 6.07) is 2.23. The fourth-order valence-electron chi connectivity index (χ4n) is 3.91. The number of nitrogens with one attached hydrogen (secondary N) is 2. The van der Waals surface area contributed by atoms with Gasteiger partial charge >= 0.3 is 12.2 Å². The summed E-state index contributed by atoms with van der Waals surface area (Å²) >= 11 is 0. The smallest absolute Gasteiger partial charge is 0.340 e. The normalized spacial score (nSPS) is 16.8. The molecule has 1 aliphatic heterocycles. The maximum absolute atomic E-state index is 14.7. The third-order valence-electron chi connectivity index (χ3n) is 5.71. The number of halogens is 5. The largest absolute Gasteiger partial charge is 0.408 e. The van der Waals surface area contributed by atoms with Gasteiger partial charge < -0.3 is 10.6 Å². The quantitative estimate of drug-likeness (QED) is 0.514. The highest BCUT2D eigenvalue weighted by molar-refractivity contribution is 5.98. The molecule has 2 atom stereocenters. The van der Waals surface area contributed by atoms with Crippen LogP contribution in [0.3, 0.4) is 0 Å². The number of hydrogen-bond donors (Lipinski definition) is 2. The molecule has 8 nitrogen and oxygen atoms in total. The van der Waals surface area contributed by atoms with Gasteiger partial charge in [-0.1, -0.05) is 6.92 Å². The lowest BCUT2D eigenvalue weighted by atomic mass is 10.1. The number of anilines is 1. The first-order valence-corrected chi connectivity index (χ1v) is 10.9. The van der Waals surface area contributed by atoms with Crippen LogP contribution in [-0.2, 0) is 0 Å². The number of amides is 3. The third kappa shape index (κ3) is 4.60. The van der Waals surface area contributed by atoms with E-state index >= 15 is 0 Å². The van der Waals surface area contributed by atoms with Gasteiger partial charge in [-0.3, -0.25) is 19.1 Å². The van der Waals surface area contributed by atoms with Crippen molar-refractivity contribution in [2.24, 2.45) is 0 Å². The molecule has 3 amide bonds. The van der Waals surface area contributed by atoms with Crippen molar-refractivity contribution in [3.05, 3.63) is 63.9 Å². The summed E-state index contributed by atoms with van der Waals surface area (Å²) in [5.74, 6) is -3.18. The molecule has 1 unspecified atom stereocenters. The number of alkyl halides is 3. The number of hydrogen-bond acceptors (Lipinski definition) is 4. The maximum Gasteiger partial charge on any atom is 0.408 e. The first-order chi connectivity index (χ1) is 16.9. The molecule has 0 bridgehead atoms. The van der Waals surface area contributed by atoms with Crippen LogP contribution >= 0.6 is 0 Å². The fourth-order valence-corrected chi connectivity index (χ4v) is 3.91. The number of benzene rings is 1. The molecule has 36 heavy (non-hydrogen) atoms. The molecule has 4 rings (SSSR count). The minimum Gasteiger partial charge on any atom is -0.340 e. The Bertz CT molecular complexity index is 1420. The zero-order chi connectivity index (χ0) is 26.4. The average Bonchev–Trinajstić information content (AvgIpc) is 3.14. The van der Waals surface area contributed by atoms with Gasteiger partial charge in [-0.2, -0.15) is 13.2 Å². The number of rotatable bonds is 5. The van der Waals surface area contributed by atoms with E-state index in [4.69, 9.17) is 0 Å². The Balaban J connectivity index is 1.92. The van der Waals surface area contributed by atoms with Crippen molar-refractivity contribution in [1.82, 2.24) is 20.2 Å². The van der Waals surface area contributed by atoms with Crippen molar-refractivity contribution in [3.63, 3.8) is 0 Å². The number of carbonyl (C=O) groups excluding carboxylic acids is 2. The summed E-state index contributed by atoms with van der Waals surface area (Å²) in [5.41, 5.74) is -2.15. The van der Waals surface area contributed by atoms with Crippen LogP contribution < -0.4 is 21.0 Å². The third-order valence-corrected chi connectivity index (χ3v) is 5.71. The minimum atomic E-state index is -4.76. The summed E-state index contributed by atoms with van der Waals surface area (Å²) < 4.78 is 68.9. The van der Waals surface area contributed by atoms with Crippen molar-refractivity contribution in [2.75, 3.05) is 11.4 Å². The van der Waals surface area contributed by atoms with Crippen LogP contribution in [0.15, 0.2) is 41.3 Å². The molecule has 0 saturated carbocycles. The van der Waals surface area contributed by atoms with E-state index < -0.39 is 53.2 Å². The maximum atomic E-state index is 14.7. The van der Waals surface area contributed by atoms with Gasteiger partial charge in [-0.15, -0.1) is 0 Å². The van der Waals surface area contributed by atoms with E-state index in [1.807, 2.05) is 0 Å². The van der Waals surface area contributed by atoms with Crippen LogP contribution in [0, 0.1) is 11.6 Å². The summed E-state index contributed by atoms with van der Waals surface area (Å²) in [4.78, 5) is 43.7. The van der Waals surface area contributed by atoms with Crippen molar-refractivity contribution < 1.29 is 31.5 Å². The second-order valence-corrected chi connectivity index (χ2v) is 8.32. The van der Waals surface area contributed by atoms with Crippen molar-refractivity contribution >= 4 is 28.8 Å². The van der Waals surface area contributed by atoms with E-state index in [0.29, 0.717) is 6.07 Å². The summed E-state index contributed by atoms with van der Waals surface area (Å²) in [6.45, 7) is 3.23. The zero-order valence-corrected chi connectivity index (χ0v) is 19.0. The molecule has 3 aromatic rings. The highest BCUT2D eigenvalue weighted by atomic mass is 19.4. The molecule has 2 aromatic heterocycles. The van der Waals surface area contributed by atoms with Gasteiger partial charge in [0.2, 0.25) is 5.43 Å². The molecule has 1 fully saturated rings. The number of pyridine rings is 2. The molecular formula is C23H20F5N5O3. The van der Waals surface area contributed by atoms with Gasteiger partial charge in [-0.25, -0.2) is 18.6 Å². The Morgan fingerprint density at radius 2 is 1.94 bits per heavy atom. The standard InChI is InChI=1S/C23H20F5N5O3/c1-3-17(23(26,27)28)30-21(35)14-10-32(16-6-4-12(24)8-15(16)25)20-13(19(14)34)5-7-18(31-20)33-9-11(2)29-22(33)36/h4-8,10-11,17H,3,9H2,1-2H3,(H,29,36)(H,30,35)/t11?,17-/m1/s1. The van der Waals surface area contributed by atoms with Crippen LogP contribution in [0.4, 0.5) is 32.6 Å².